The van der Waals surface area contributed by atoms with E-state index in [1.807, 2.05) is 20.8 Å². The maximum Gasteiger partial charge on any atom is 0.337 e. The van der Waals surface area contributed by atoms with E-state index >= 15 is 0 Å². The molecule has 0 saturated heterocycles. The monoisotopic (exact) mass is 327 g/mol. The lowest BCUT2D eigenvalue weighted by Crippen LogP contribution is -2.46. The van der Waals surface area contributed by atoms with Crippen LogP contribution in [0.5, 0.6) is 0 Å². The van der Waals surface area contributed by atoms with E-state index in [-0.39, 0.29) is 4.49 Å². The van der Waals surface area contributed by atoms with E-state index in [9.17, 15) is 9.59 Å². The van der Waals surface area contributed by atoms with Crippen LogP contribution < -0.4 is 5.69 Å². The number of para-hydroxylation sites is 2. The van der Waals surface area contributed by atoms with E-state index in [1.54, 1.807) is 24.3 Å². The van der Waals surface area contributed by atoms with Crippen LogP contribution >= 0.6 is 23.2 Å². The molecule has 0 aliphatic carbocycles. The van der Waals surface area contributed by atoms with Gasteiger partial charge in [0.25, 0.3) is 0 Å². The second-order valence-electron chi connectivity index (χ2n) is 5.52. The molecule has 0 spiro atoms. The number of amides is 1. The van der Waals surface area contributed by atoms with E-state index in [4.69, 9.17) is 23.2 Å². The summed E-state index contributed by atoms with van der Waals surface area (Å²) in [6, 6.07) is 6.43. The molecule has 1 amide bonds. The molecule has 0 bridgehead atoms. The zero-order valence-electron chi connectivity index (χ0n) is 11.9. The lowest BCUT2D eigenvalue weighted by Gasteiger charge is -2.32. The van der Waals surface area contributed by atoms with Crippen molar-refractivity contribution in [3.63, 3.8) is 0 Å². The third-order valence-corrected chi connectivity index (χ3v) is 3.13. The second kappa shape index (κ2) is 5.58. The van der Waals surface area contributed by atoms with Gasteiger partial charge in [-0.25, -0.2) is 14.2 Å². The molecule has 0 unspecified atom stereocenters. The average molecular weight is 328 g/mol. The van der Waals surface area contributed by atoms with E-state index in [0.29, 0.717) is 11.0 Å². The van der Waals surface area contributed by atoms with E-state index < -0.39 is 17.3 Å². The van der Waals surface area contributed by atoms with Crippen LogP contribution in [-0.2, 0) is 0 Å². The van der Waals surface area contributed by atoms with Gasteiger partial charge in [0, 0.05) is 11.7 Å². The van der Waals surface area contributed by atoms with E-state index in [2.05, 4.69) is 4.98 Å². The lowest BCUT2D eigenvalue weighted by molar-refractivity contribution is 0.180. The number of hydrogen-bond acceptors (Lipinski definition) is 2. The molecule has 1 aromatic carbocycles. The summed E-state index contributed by atoms with van der Waals surface area (Å²) in [7, 11) is 0. The van der Waals surface area contributed by atoms with Crippen LogP contribution in [0.2, 0.25) is 0 Å². The van der Waals surface area contributed by atoms with Crippen LogP contribution in [0.25, 0.3) is 11.0 Å². The minimum absolute atomic E-state index is 0.0637. The van der Waals surface area contributed by atoms with Crippen molar-refractivity contribution in [1.82, 2.24) is 14.5 Å². The maximum atomic E-state index is 12.7. The number of fused-ring (bicyclic) bond motifs is 1. The predicted octanol–water partition coefficient (Wildman–Crippen LogP) is 3.67. The van der Waals surface area contributed by atoms with Crippen molar-refractivity contribution in [1.29, 1.82) is 0 Å². The highest BCUT2D eigenvalue weighted by atomic mass is 35.5. The van der Waals surface area contributed by atoms with Crippen LogP contribution in [0.15, 0.2) is 39.8 Å². The molecule has 2 rings (SSSR count). The van der Waals surface area contributed by atoms with Gasteiger partial charge in [0.15, 0.2) is 0 Å². The van der Waals surface area contributed by atoms with Gasteiger partial charge in [-0.1, -0.05) is 35.3 Å². The van der Waals surface area contributed by atoms with Gasteiger partial charge in [-0.3, -0.25) is 4.90 Å². The molecular weight excluding hydrogens is 313 g/mol. The average Bonchev–Trinajstić information content (AvgIpc) is 2.69. The molecule has 2 aromatic rings. The molecule has 0 atom stereocenters. The van der Waals surface area contributed by atoms with Crippen LogP contribution in [-0.4, -0.2) is 26.0 Å². The summed E-state index contributed by atoms with van der Waals surface area (Å²) in [5.74, 6) is 0. The number of carbonyl (C=O) groups is 1. The predicted molar refractivity (Wildman–Crippen MR) is 84.7 cm³/mol. The largest absolute Gasteiger partial charge is 0.337 e. The van der Waals surface area contributed by atoms with Crippen LogP contribution in [0.1, 0.15) is 20.8 Å². The van der Waals surface area contributed by atoms with Crippen molar-refractivity contribution in [2.75, 3.05) is 0 Å². The van der Waals surface area contributed by atoms with Crippen molar-refractivity contribution >= 4 is 40.3 Å². The highest BCUT2D eigenvalue weighted by molar-refractivity contribution is 6.55. The van der Waals surface area contributed by atoms with Gasteiger partial charge in [-0.15, -0.1) is 0 Å². The van der Waals surface area contributed by atoms with Crippen LogP contribution in [0.4, 0.5) is 4.79 Å². The number of halogens is 2. The summed E-state index contributed by atoms with van der Waals surface area (Å²) < 4.78 is 1.000. The second-order valence-corrected chi connectivity index (χ2v) is 6.53. The zero-order valence-corrected chi connectivity index (χ0v) is 13.4. The van der Waals surface area contributed by atoms with Crippen molar-refractivity contribution in [2.24, 2.45) is 0 Å². The molecule has 1 aromatic heterocycles. The van der Waals surface area contributed by atoms with Crippen molar-refractivity contribution in [3.05, 3.63) is 45.4 Å². The molecule has 112 valence electrons. The maximum absolute atomic E-state index is 12.7. The standard InChI is InChI=1S/C14H15Cl2N3O2/c1-14(2,3)18(8-11(15)16)13(21)19-10-7-5-4-6-9(10)17-12(19)20/h4-8H,1-3H3,(H,17,20). The number of hydrogen-bond donors (Lipinski definition) is 1. The fraction of sp³-hybridized carbons (Fsp3) is 0.286. The number of rotatable bonds is 1. The number of benzene rings is 1. The highest BCUT2D eigenvalue weighted by Crippen LogP contribution is 2.21. The first-order valence-corrected chi connectivity index (χ1v) is 7.03. The molecule has 0 fully saturated rings. The molecule has 0 radical (unpaired) electrons. The Hall–Kier alpha value is -1.72. The fourth-order valence-corrected chi connectivity index (χ4v) is 2.18. The van der Waals surface area contributed by atoms with Crippen molar-refractivity contribution in [3.8, 4) is 0 Å². The molecule has 0 aliphatic rings. The van der Waals surface area contributed by atoms with E-state index in [1.165, 1.54) is 11.1 Å². The summed E-state index contributed by atoms with van der Waals surface area (Å²) >= 11 is 11.4. The number of carbonyl (C=O) groups excluding carboxylic acids is 1. The summed E-state index contributed by atoms with van der Waals surface area (Å²) in [5, 5.41) is 0. The third-order valence-electron chi connectivity index (χ3n) is 2.94. The molecule has 0 aliphatic heterocycles. The van der Waals surface area contributed by atoms with Gasteiger partial charge in [-0.05, 0) is 32.9 Å². The van der Waals surface area contributed by atoms with Crippen LogP contribution in [0.3, 0.4) is 0 Å². The van der Waals surface area contributed by atoms with E-state index in [0.717, 1.165) is 4.57 Å². The number of aromatic nitrogens is 2. The quantitative estimate of drug-likeness (QED) is 0.868. The number of nitrogens with zero attached hydrogens (tertiary/aromatic N) is 2. The minimum atomic E-state index is -0.593. The number of aromatic amines is 1. The van der Waals surface area contributed by atoms with Gasteiger partial charge in [-0.2, -0.15) is 0 Å². The van der Waals surface area contributed by atoms with Crippen molar-refractivity contribution in [2.45, 2.75) is 26.3 Å². The molecule has 1 N–H and O–H groups in total. The SMILES string of the molecule is CC(C)(C)N(C=C(Cl)Cl)C(=O)n1c(=O)[nH]c2ccccc21. The molecule has 5 nitrogen and oxygen atoms in total. The smallest absolute Gasteiger partial charge is 0.305 e. The van der Waals surface area contributed by atoms with Crippen LogP contribution in [0, 0.1) is 0 Å². The Morgan fingerprint density at radius 2 is 1.90 bits per heavy atom. The van der Waals surface area contributed by atoms with Gasteiger partial charge >= 0.3 is 11.7 Å². The first-order valence-electron chi connectivity index (χ1n) is 6.28. The number of imidazole rings is 1. The molecular formula is C14H15Cl2N3O2. The Kier molecular flexibility index (Phi) is 4.16. The Bertz CT molecular complexity index is 764. The summed E-state index contributed by atoms with van der Waals surface area (Å²) in [6.45, 7) is 5.45. The highest BCUT2D eigenvalue weighted by Gasteiger charge is 2.28. The first-order chi connectivity index (χ1) is 9.71. The Morgan fingerprint density at radius 1 is 1.29 bits per heavy atom. The summed E-state index contributed by atoms with van der Waals surface area (Å²) in [6.07, 6.45) is 1.31. The minimum Gasteiger partial charge on any atom is -0.305 e. The number of nitrogens with one attached hydrogen (secondary N) is 1. The summed E-state index contributed by atoms with van der Waals surface area (Å²) in [4.78, 5) is 28.8. The van der Waals surface area contributed by atoms with Gasteiger partial charge in [0.2, 0.25) is 0 Å². The molecule has 1 heterocycles. The normalized spacial score (nSPS) is 11.5. The zero-order chi connectivity index (χ0) is 15.8. The Morgan fingerprint density at radius 3 is 2.48 bits per heavy atom. The third kappa shape index (κ3) is 3.14. The lowest BCUT2D eigenvalue weighted by atomic mass is 10.1. The Labute approximate surface area is 131 Å². The Balaban J connectivity index is 2.62. The first kappa shape index (κ1) is 15.7. The molecule has 0 saturated carbocycles. The van der Waals surface area contributed by atoms with Gasteiger partial charge < -0.3 is 4.98 Å². The molecule has 7 heteroatoms. The molecule has 21 heavy (non-hydrogen) atoms. The summed E-state index contributed by atoms with van der Waals surface area (Å²) in [5.41, 5.74) is -0.00902. The number of H-pyrrole nitrogens is 1. The fourth-order valence-electron chi connectivity index (χ4n) is 1.99. The van der Waals surface area contributed by atoms with Gasteiger partial charge in [0.1, 0.15) is 4.49 Å². The topological polar surface area (TPSA) is 58.1 Å². The van der Waals surface area contributed by atoms with Gasteiger partial charge in [0.05, 0.1) is 11.0 Å². The van der Waals surface area contributed by atoms with Crippen molar-refractivity contribution < 1.29 is 4.79 Å².